The summed E-state index contributed by atoms with van der Waals surface area (Å²) < 4.78 is 13.1. The Kier molecular flexibility index (Phi) is 3.72. The average molecular weight is 303 g/mol. The number of hydrogen-bond acceptors (Lipinski definition) is 4. The third kappa shape index (κ3) is 3.31. The van der Waals surface area contributed by atoms with Gasteiger partial charge in [-0.25, -0.2) is 4.98 Å². The van der Waals surface area contributed by atoms with E-state index in [1.54, 1.807) is 11.3 Å². The fourth-order valence-corrected chi connectivity index (χ4v) is 3.76. The van der Waals surface area contributed by atoms with E-state index in [1.807, 2.05) is 12.1 Å². The lowest BCUT2D eigenvalue weighted by Crippen LogP contribution is -2.19. The van der Waals surface area contributed by atoms with Gasteiger partial charge in [-0.15, -0.1) is 0 Å². The van der Waals surface area contributed by atoms with Crippen LogP contribution in [0.3, 0.4) is 0 Å². The highest BCUT2D eigenvalue weighted by molar-refractivity contribution is 7.20. The Morgan fingerprint density at radius 3 is 2.76 bits per heavy atom. The van der Waals surface area contributed by atoms with Crippen molar-refractivity contribution in [3.8, 4) is 10.9 Å². The monoisotopic (exact) mass is 303 g/mol. The van der Waals surface area contributed by atoms with Gasteiger partial charge in [-0.3, -0.25) is 0 Å². The number of thiazole rings is 1. The van der Waals surface area contributed by atoms with E-state index in [4.69, 9.17) is 9.47 Å². The van der Waals surface area contributed by atoms with E-state index in [9.17, 15) is 0 Å². The molecule has 0 amide bonds. The first-order valence-corrected chi connectivity index (χ1v) is 8.88. The fourth-order valence-electron chi connectivity index (χ4n) is 2.85. The molecule has 2 aliphatic carbocycles. The quantitative estimate of drug-likeness (QED) is 0.795. The minimum Gasteiger partial charge on any atom is -0.493 e. The van der Waals surface area contributed by atoms with Crippen molar-refractivity contribution in [3.05, 3.63) is 18.2 Å². The summed E-state index contributed by atoms with van der Waals surface area (Å²) in [4.78, 5) is 4.60. The molecule has 0 atom stereocenters. The predicted molar refractivity (Wildman–Crippen MR) is 85.3 cm³/mol. The Morgan fingerprint density at radius 1 is 1.10 bits per heavy atom. The van der Waals surface area contributed by atoms with Crippen LogP contribution in [0.25, 0.3) is 10.2 Å². The number of hydrogen-bond donors (Lipinski definition) is 0. The normalized spacial score (nSPS) is 19.8. The van der Waals surface area contributed by atoms with Gasteiger partial charge >= 0.3 is 0 Å². The van der Waals surface area contributed by atoms with Gasteiger partial charge in [-0.1, -0.05) is 17.8 Å². The second-order valence-electron chi connectivity index (χ2n) is 6.24. The van der Waals surface area contributed by atoms with Crippen LogP contribution in [-0.2, 0) is 0 Å². The molecule has 2 fully saturated rings. The van der Waals surface area contributed by atoms with Crippen molar-refractivity contribution in [2.75, 3.05) is 6.61 Å². The summed E-state index contributed by atoms with van der Waals surface area (Å²) in [5.41, 5.74) is 1.02. The van der Waals surface area contributed by atoms with E-state index in [2.05, 4.69) is 11.1 Å². The number of nitrogens with zero attached hydrogens (tertiary/aromatic N) is 1. The molecule has 0 bridgehead atoms. The van der Waals surface area contributed by atoms with Crippen LogP contribution in [0.5, 0.6) is 10.9 Å². The van der Waals surface area contributed by atoms with Gasteiger partial charge in [0.2, 0.25) is 0 Å². The third-order valence-electron chi connectivity index (χ3n) is 4.34. The second kappa shape index (κ2) is 5.84. The molecule has 0 unspecified atom stereocenters. The largest absolute Gasteiger partial charge is 0.493 e. The van der Waals surface area contributed by atoms with Crippen molar-refractivity contribution in [1.29, 1.82) is 0 Å². The molecule has 112 valence electrons. The van der Waals surface area contributed by atoms with Gasteiger partial charge in [0, 0.05) is 0 Å². The zero-order valence-electron chi connectivity index (χ0n) is 12.2. The first-order valence-electron chi connectivity index (χ1n) is 8.07. The third-order valence-corrected chi connectivity index (χ3v) is 5.25. The summed E-state index contributed by atoms with van der Waals surface area (Å²) in [5, 5.41) is 0.816. The first kappa shape index (κ1) is 13.4. The van der Waals surface area contributed by atoms with Crippen LogP contribution >= 0.6 is 11.3 Å². The zero-order valence-corrected chi connectivity index (χ0v) is 13.0. The van der Waals surface area contributed by atoms with Gasteiger partial charge in [0.1, 0.15) is 11.9 Å². The SMILES string of the molecule is c1cc2nc(OC3CCCCC3)sc2cc1OCC1CC1. The van der Waals surface area contributed by atoms with Crippen LogP contribution in [0.4, 0.5) is 0 Å². The van der Waals surface area contributed by atoms with Crippen molar-refractivity contribution in [3.63, 3.8) is 0 Å². The molecule has 2 aliphatic rings. The number of rotatable bonds is 5. The Bertz CT molecular complexity index is 614. The van der Waals surface area contributed by atoms with Crippen LogP contribution in [0, 0.1) is 5.92 Å². The van der Waals surface area contributed by atoms with Gasteiger partial charge in [0.25, 0.3) is 5.19 Å². The van der Waals surface area contributed by atoms with Crippen LogP contribution in [-0.4, -0.2) is 17.7 Å². The first-order chi connectivity index (χ1) is 10.4. The Balaban J connectivity index is 1.46. The maximum absolute atomic E-state index is 6.05. The van der Waals surface area contributed by atoms with Crippen molar-refractivity contribution in [2.24, 2.45) is 5.92 Å². The number of benzene rings is 1. The lowest BCUT2D eigenvalue weighted by Gasteiger charge is -2.21. The summed E-state index contributed by atoms with van der Waals surface area (Å²) in [6.07, 6.45) is 9.27. The number of ether oxygens (including phenoxy) is 2. The zero-order chi connectivity index (χ0) is 14.1. The number of fused-ring (bicyclic) bond motifs is 1. The molecule has 0 radical (unpaired) electrons. The average Bonchev–Trinajstić information content (AvgIpc) is 3.25. The van der Waals surface area contributed by atoms with Gasteiger partial charge in [-0.05, 0) is 62.6 Å². The molecule has 1 heterocycles. The van der Waals surface area contributed by atoms with Crippen LogP contribution in [0.15, 0.2) is 18.2 Å². The molecule has 4 rings (SSSR count). The molecule has 0 saturated heterocycles. The molecule has 0 aliphatic heterocycles. The predicted octanol–water partition coefficient (Wildman–Crippen LogP) is 4.80. The Labute approximate surface area is 129 Å². The minimum absolute atomic E-state index is 0.366. The van der Waals surface area contributed by atoms with Crippen molar-refractivity contribution in [2.45, 2.75) is 51.0 Å². The van der Waals surface area contributed by atoms with Crippen molar-refractivity contribution >= 4 is 21.6 Å². The molecule has 21 heavy (non-hydrogen) atoms. The molecule has 1 aromatic heterocycles. The minimum atomic E-state index is 0.366. The van der Waals surface area contributed by atoms with Gasteiger partial charge in [-0.2, -0.15) is 0 Å². The molecular weight excluding hydrogens is 282 g/mol. The van der Waals surface area contributed by atoms with Crippen LogP contribution in [0.1, 0.15) is 44.9 Å². The van der Waals surface area contributed by atoms with Crippen LogP contribution < -0.4 is 9.47 Å². The Hall–Kier alpha value is -1.29. The summed E-state index contributed by atoms with van der Waals surface area (Å²) in [6.45, 7) is 0.857. The van der Waals surface area contributed by atoms with E-state index in [1.165, 1.54) is 44.9 Å². The molecule has 0 spiro atoms. The van der Waals surface area contributed by atoms with E-state index < -0.39 is 0 Å². The molecule has 4 heteroatoms. The summed E-state index contributed by atoms with van der Waals surface area (Å²) >= 11 is 1.64. The second-order valence-corrected chi connectivity index (χ2v) is 7.23. The molecule has 0 N–H and O–H groups in total. The topological polar surface area (TPSA) is 31.4 Å². The summed E-state index contributed by atoms with van der Waals surface area (Å²) in [5.74, 6) is 1.75. The van der Waals surface area contributed by atoms with Gasteiger partial charge < -0.3 is 9.47 Å². The molecule has 2 aromatic rings. The summed E-state index contributed by atoms with van der Waals surface area (Å²) in [6, 6.07) is 6.17. The lowest BCUT2D eigenvalue weighted by molar-refractivity contribution is 0.155. The van der Waals surface area contributed by atoms with Gasteiger partial charge in [0.05, 0.1) is 16.8 Å². The molecule has 2 saturated carbocycles. The van der Waals surface area contributed by atoms with Crippen LogP contribution in [0.2, 0.25) is 0 Å². The van der Waals surface area contributed by atoms with E-state index >= 15 is 0 Å². The molecule has 3 nitrogen and oxygen atoms in total. The maximum atomic E-state index is 6.05. The molecule has 1 aromatic carbocycles. The lowest BCUT2D eigenvalue weighted by atomic mass is 9.98. The fraction of sp³-hybridized carbons (Fsp3) is 0.588. The van der Waals surface area contributed by atoms with Crippen molar-refractivity contribution in [1.82, 2.24) is 4.98 Å². The van der Waals surface area contributed by atoms with E-state index in [-0.39, 0.29) is 0 Å². The highest BCUT2D eigenvalue weighted by atomic mass is 32.1. The van der Waals surface area contributed by atoms with E-state index in [0.717, 1.165) is 33.7 Å². The van der Waals surface area contributed by atoms with Crippen molar-refractivity contribution < 1.29 is 9.47 Å². The maximum Gasteiger partial charge on any atom is 0.274 e. The van der Waals surface area contributed by atoms with E-state index in [0.29, 0.717) is 6.10 Å². The Morgan fingerprint density at radius 2 is 1.95 bits per heavy atom. The number of aromatic nitrogens is 1. The highest BCUT2D eigenvalue weighted by Gasteiger charge is 2.22. The highest BCUT2D eigenvalue weighted by Crippen LogP contribution is 2.34. The molecular formula is C17H21NO2S. The smallest absolute Gasteiger partial charge is 0.274 e. The van der Waals surface area contributed by atoms with Gasteiger partial charge in [0.15, 0.2) is 0 Å². The standard InChI is InChI=1S/C17H21NO2S/c1-2-4-13(5-3-1)20-17-18-15-9-8-14(10-16(15)21-17)19-11-12-6-7-12/h8-10,12-13H,1-7,11H2. The summed E-state index contributed by atoms with van der Waals surface area (Å²) in [7, 11) is 0.